The Kier molecular flexibility index (Phi) is 3.81. The van der Waals surface area contributed by atoms with Crippen molar-refractivity contribution in [3.63, 3.8) is 0 Å². The molecule has 0 spiro atoms. The fraction of sp³-hybridized carbons (Fsp3) is 0.500. The van der Waals surface area contributed by atoms with Crippen LogP contribution in [0.25, 0.3) is 0 Å². The largest absolute Gasteiger partial charge is 0.400 e. The van der Waals surface area contributed by atoms with Gasteiger partial charge in [0.1, 0.15) is 12.2 Å². The molecule has 2 fully saturated rings. The first-order valence-electron chi connectivity index (χ1n) is 5.99. The highest BCUT2D eigenvalue weighted by Gasteiger charge is 2.49. The zero-order valence-electron chi connectivity index (χ0n) is 10.1. The summed E-state index contributed by atoms with van der Waals surface area (Å²) in [7, 11) is -3.78. The van der Waals surface area contributed by atoms with Crippen LogP contribution >= 0.6 is 11.8 Å². The molecular weight excluding hydrogens is 288 g/mol. The molecule has 0 aliphatic carbocycles. The van der Waals surface area contributed by atoms with Gasteiger partial charge in [-0.25, -0.2) is 8.37 Å². The van der Waals surface area contributed by atoms with Crippen LogP contribution in [0.4, 0.5) is 0 Å². The van der Waals surface area contributed by atoms with Crippen LogP contribution in [0.15, 0.2) is 30.3 Å². The van der Waals surface area contributed by atoms with Crippen molar-refractivity contribution in [3.05, 3.63) is 35.9 Å². The maximum atomic E-state index is 11.2. The van der Waals surface area contributed by atoms with Crippen molar-refractivity contribution in [1.29, 1.82) is 0 Å². The van der Waals surface area contributed by atoms with Crippen LogP contribution in [0.2, 0.25) is 0 Å². The fourth-order valence-electron chi connectivity index (χ4n) is 2.17. The minimum absolute atomic E-state index is 0.00554. The third-order valence-corrected chi connectivity index (χ3v) is 5.37. The molecule has 0 amide bonds. The van der Waals surface area contributed by atoms with E-state index < -0.39 is 16.5 Å². The molecule has 2 aliphatic heterocycles. The predicted octanol–water partition coefficient (Wildman–Crippen LogP) is 1.35. The highest BCUT2D eigenvalue weighted by Crippen LogP contribution is 2.38. The standard InChI is InChI=1S/C12H14O5S2/c13-19(14)16-10-8-18-11(12(10)17-19)7-15-6-9-4-2-1-3-5-9/h1-5,10-12H,6-8H2/t10-,11+,12-/m0/s1. The highest BCUT2D eigenvalue weighted by molar-refractivity contribution is 8.00. The van der Waals surface area contributed by atoms with Crippen LogP contribution in [0, 0.1) is 0 Å². The lowest BCUT2D eigenvalue weighted by atomic mass is 10.2. The van der Waals surface area contributed by atoms with Gasteiger partial charge in [-0.2, -0.15) is 20.2 Å². The summed E-state index contributed by atoms with van der Waals surface area (Å²) < 4.78 is 37.8. The molecule has 0 radical (unpaired) electrons. The molecular formula is C12H14O5S2. The quantitative estimate of drug-likeness (QED) is 0.836. The van der Waals surface area contributed by atoms with E-state index in [9.17, 15) is 8.42 Å². The first kappa shape index (κ1) is 13.4. The smallest absolute Gasteiger partial charge is 0.376 e. The SMILES string of the molecule is O=S1(=O)O[C@H]2[C@H](CS[C@@H]2COCc2ccccc2)O1. The molecule has 0 bridgehead atoms. The first-order chi connectivity index (χ1) is 9.14. The van der Waals surface area contributed by atoms with Crippen molar-refractivity contribution in [2.75, 3.05) is 12.4 Å². The van der Waals surface area contributed by atoms with Crippen LogP contribution in [0.1, 0.15) is 5.56 Å². The second kappa shape index (κ2) is 5.41. The van der Waals surface area contributed by atoms with E-state index in [1.165, 1.54) is 0 Å². The Hall–Kier alpha value is -0.600. The zero-order valence-corrected chi connectivity index (χ0v) is 11.7. The summed E-state index contributed by atoms with van der Waals surface area (Å²) in [6.07, 6.45) is -0.772. The van der Waals surface area contributed by atoms with Gasteiger partial charge in [-0.05, 0) is 5.56 Å². The Morgan fingerprint density at radius 1 is 1.26 bits per heavy atom. The van der Waals surface area contributed by atoms with E-state index in [-0.39, 0.29) is 11.4 Å². The summed E-state index contributed by atoms with van der Waals surface area (Å²) in [5.74, 6) is 0.628. The van der Waals surface area contributed by atoms with Crippen molar-refractivity contribution < 1.29 is 21.5 Å². The average Bonchev–Trinajstić information content (AvgIpc) is 2.87. The second-order valence-electron chi connectivity index (χ2n) is 4.48. The molecule has 5 nitrogen and oxygen atoms in total. The van der Waals surface area contributed by atoms with E-state index in [1.807, 2.05) is 30.3 Å². The fourth-order valence-corrected chi connectivity index (χ4v) is 4.69. The molecule has 2 aliphatic rings. The minimum atomic E-state index is -3.78. The van der Waals surface area contributed by atoms with Crippen molar-refractivity contribution in [3.8, 4) is 0 Å². The Morgan fingerprint density at radius 2 is 2.05 bits per heavy atom. The average molecular weight is 302 g/mol. The third-order valence-electron chi connectivity index (χ3n) is 3.07. The lowest BCUT2D eigenvalue weighted by molar-refractivity contribution is 0.0876. The highest BCUT2D eigenvalue weighted by atomic mass is 32.3. The molecule has 3 rings (SSSR count). The summed E-state index contributed by atoms with van der Waals surface area (Å²) >= 11 is 1.63. The molecule has 0 unspecified atom stereocenters. The van der Waals surface area contributed by atoms with Gasteiger partial charge < -0.3 is 4.74 Å². The van der Waals surface area contributed by atoms with Gasteiger partial charge in [-0.1, -0.05) is 30.3 Å². The van der Waals surface area contributed by atoms with Gasteiger partial charge in [0.25, 0.3) is 0 Å². The summed E-state index contributed by atoms with van der Waals surface area (Å²) in [4.78, 5) is 0. The predicted molar refractivity (Wildman–Crippen MR) is 71.0 cm³/mol. The molecule has 19 heavy (non-hydrogen) atoms. The van der Waals surface area contributed by atoms with Crippen LogP contribution in [-0.4, -0.2) is 38.2 Å². The molecule has 3 atom stereocenters. The molecule has 2 saturated heterocycles. The van der Waals surface area contributed by atoms with E-state index >= 15 is 0 Å². The third kappa shape index (κ3) is 3.11. The molecule has 1 aromatic carbocycles. The van der Waals surface area contributed by atoms with Gasteiger partial charge >= 0.3 is 10.4 Å². The van der Waals surface area contributed by atoms with Gasteiger partial charge in [0.15, 0.2) is 0 Å². The minimum Gasteiger partial charge on any atom is -0.376 e. The maximum Gasteiger partial charge on any atom is 0.400 e. The zero-order chi connectivity index (χ0) is 13.3. The summed E-state index contributed by atoms with van der Waals surface area (Å²) in [5, 5.41) is 0.00554. The van der Waals surface area contributed by atoms with Crippen LogP contribution < -0.4 is 0 Å². The second-order valence-corrected chi connectivity index (χ2v) is 6.95. The Balaban J connectivity index is 1.51. The lowest BCUT2D eigenvalue weighted by Crippen LogP contribution is -2.29. The summed E-state index contributed by atoms with van der Waals surface area (Å²) in [5.41, 5.74) is 1.10. The van der Waals surface area contributed by atoms with E-state index in [4.69, 9.17) is 13.1 Å². The number of thioether (sulfide) groups is 1. The van der Waals surface area contributed by atoms with E-state index in [0.29, 0.717) is 19.0 Å². The van der Waals surface area contributed by atoms with Gasteiger partial charge in [0, 0.05) is 5.75 Å². The Labute approximate surface area is 116 Å². The Bertz CT molecular complexity index is 530. The number of rotatable bonds is 4. The Morgan fingerprint density at radius 3 is 2.84 bits per heavy atom. The number of hydrogen-bond acceptors (Lipinski definition) is 6. The first-order valence-corrected chi connectivity index (χ1v) is 8.37. The van der Waals surface area contributed by atoms with Crippen molar-refractivity contribution in [1.82, 2.24) is 0 Å². The normalized spacial score (nSPS) is 32.3. The molecule has 0 aromatic heterocycles. The van der Waals surface area contributed by atoms with Crippen LogP contribution in [0.5, 0.6) is 0 Å². The van der Waals surface area contributed by atoms with E-state index in [0.717, 1.165) is 5.56 Å². The summed E-state index contributed by atoms with van der Waals surface area (Å²) in [6.45, 7) is 0.975. The van der Waals surface area contributed by atoms with E-state index in [1.54, 1.807) is 11.8 Å². The van der Waals surface area contributed by atoms with Crippen LogP contribution in [0.3, 0.4) is 0 Å². The maximum absolute atomic E-state index is 11.2. The van der Waals surface area contributed by atoms with Crippen molar-refractivity contribution in [2.45, 2.75) is 24.1 Å². The monoisotopic (exact) mass is 302 g/mol. The van der Waals surface area contributed by atoms with Gasteiger partial charge in [-0.3, -0.25) is 0 Å². The van der Waals surface area contributed by atoms with Gasteiger partial charge in [0.2, 0.25) is 0 Å². The van der Waals surface area contributed by atoms with Crippen LogP contribution in [-0.2, 0) is 30.1 Å². The van der Waals surface area contributed by atoms with Gasteiger partial charge in [0.05, 0.1) is 18.5 Å². The number of hydrogen-bond donors (Lipinski definition) is 0. The lowest BCUT2D eigenvalue weighted by Gasteiger charge is -2.14. The molecule has 0 N–H and O–H groups in total. The topological polar surface area (TPSA) is 61.8 Å². The summed E-state index contributed by atoms with van der Waals surface area (Å²) in [6, 6.07) is 9.85. The number of fused-ring (bicyclic) bond motifs is 1. The molecule has 0 saturated carbocycles. The van der Waals surface area contributed by atoms with Crippen molar-refractivity contribution in [2.24, 2.45) is 0 Å². The molecule has 1 aromatic rings. The van der Waals surface area contributed by atoms with Crippen molar-refractivity contribution >= 4 is 22.2 Å². The van der Waals surface area contributed by atoms with Gasteiger partial charge in [-0.15, -0.1) is 0 Å². The molecule has 7 heteroatoms. The molecule has 104 valence electrons. The molecule has 2 heterocycles. The number of benzene rings is 1. The number of ether oxygens (including phenoxy) is 1. The van der Waals surface area contributed by atoms with E-state index in [2.05, 4.69) is 0 Å².